The molecule has 1 heterocycles. The monoisotopic (exact) mass is 434 g/mol. The summed E-state index contributed by atoms with van der Waals surface area (Å²) in [6.45, 7) is 7.50. The van der Waals surface area contributed by atoms with Crippen molar-refractivity contribution in [3.8, 4) is 0 Å². The van der Waals surface area contributed by atoms with Gasteiger partial charge in [-0.3, -0.25) is 4.79 Å². The molecule has 2 fully saturated rings. The van der Waals surface area contributed by atoms with Gasteiger partial charge in [-0.05, 0) is 50.2 Å². The largest absolute Gasteiger partial charge is 0.389 e. The zero-order valence-corrected chi connectivity index (χ0v) is 19.5. The fourth-order valence-corrected chi connectivity index (χ4v) is 5.39. The number of hydrogen-bond acceptors (Lipinski definition) is 3. The van der Waals surface area contributed by atoms with E-state index < -0.39 is 5.60 Å². The maximum Gasteiger partial charge on any atom is 0.228 e. The molecule has 168 valence electrons. The van der Waals surface area contributed by atoms with Gasteiger partial charge >= 0.3 is 0 Å². The van der Waals surface area contributed by atoms with Gasteiger partial charge in [-0.1, -0.05) is 62.9 Å². The Hall–Kier alpha value is -1.10. The maximum absolute atomic E-state index is 13.4. The number of amides is 1. The number of halogens is 1. The first kappa shape index (κ1) is 23.6. The molecule has 1 aliphatic carbocycles. The van der Waals surface area contributed by atoms with Gasteiger partial charge in [-0.15, -0.1) is 0 Å². The Morgan fingerprint density at radius 3 is 2.53 bits per heavy atom. The third kappa shape index (κ3) is 5.77. The standard InChI is InChI=1S/C25H39ClN2O2/c1-3-16-28(22-10-5-4-6-11-22)24(29)20(2)25(30)14-18-27(19-15-25)17-13-21-9-7-8-12-23(21)26/h7-9,12,20,22,30H,3-6,10-11,13-19H2,1-2H3. The van der Waals surface area contributed by atoms with Crippen LogP contribution in [0.25, 0.3) is 0 Å². The predicted molar refractivity (Wildman–Crippen MR) is 124 cm³/mol. The minimum absolute atomic E-state index is 0.163. The van der Waals surface area contributed by atoms with Gasteiger partial charge in [0.1, 0.15) is 0 Å². The Labute approximate surface area is 187 Å². The lowest BCUT2D eigenvalue weighted by molar-refractivity contribution is -0.151. The van der Waals surface area contributed by atoms with Crippen LogP contribution in [0.4, 0.5) is 0 Å². The molecule has 1 amide bonds. The second-order valence-corrected chi connectivity index (χ2v) is 9.74. The minimum Gasteiger partial charge on any atom is -0.389 e. The Morgan fingerprint density at radius 2 is 1.90 bits per heavy atom. The number of rotatable bonds is 8. The lowest BCUT2D eigenvalue weighted by atomic mass is 9.79. The van der Waals surface area contributed by atoms with E-state index in [1.54, 1.807) is 0 Å². The first-order valence-electron chi connectivity index (χ1n) is 11.9. The molecule has 1 N–H and O–H groups in total. The van der Waals surface area contributed by atoms with E-state index in [9.17, 15) is 9.90 Å². The zero-order chi connectivity index (χ0) is 21.6. The van der Waals surface area contributed by atoms with Crippen LogP contribution in [-0.4, -0.2) is 58.6 Å². The van der Waals surface area contributed by atoms with E-state index >= 15 is 0 Å². The molecular weight excluding hydrogens is 396 g/mol. The van der Waals surface area contributed by atoms with Crippen molar-refractivity contribution in [1.82, 2.24) is 9.80 Å². The van der Waals surface area contributed by atoms with Crippen LogP contribution in [-0.2, 0) is 11.2 Å². The molecule has 1 aromatic carbocycles. The summed E-state index contributed by atoms with van der Waals surface area (Å²) >= 11 is 6.28. The second kappa shape index (κ2) is 11.0. The molecule has 1 saturated heterocycles. The topological polar surface area (TPSA) is 43.8 Å². The van der Waals surface area contributed by atoms with Gasteiger partial charge in [0.2, 0.25) is 5.91 Å². The van der Waals surface area contributed by atoms with Gasteiger partial charge in [0, 0.05) is 37.2 Å². The first-order chi connectivity index (χ1) is 14.4. The summed E-state index contributed by atoms with van der Waals surface area (Å²) < 4.78 is 0. The molecule has 2 aliphatic rings. The Morgan fingerprint density at radius 1 is 1.23 bits per heavy atom. The van der Waals surface area contributed by atoms with E-state index in [0.717, 1.165) is 56.9 Å². The number of benzene rings is 1. The summed E-state index contributed by atoms with van der Waals surface area (Å²) in [4.78, 5) is 17.9. The number of carbonyl (C=O) groups is 1. The third-order valence-electron chi connectivity index (χ3n) is 7.32. The summed E-state index contributed by atoms with van der Waals surface area (Å²) in [6, 6.07) is 8.37. The average molecular weight is 435 g/mol. The van der Waals surface area contributed by atoms with Crippen molar-refractivity contribution in [2.24, 2.45) is 5.92 Å². The molecule has 0 bridgehead atoms. The van der Waals surface area contributed by atoms with E-state index in [-0.39, 0.29) is 11.8 Å². The van der Waals surface area contributed by atoms with Gasteiger partial charge in [0.05, 0.1) is 11.5 Å². The van der Waals surface area contributed by atoms with Crippen LogP contribution in [0.2, 0.25) is 5.02 Å². The third-order valence-corrected chi connectivity index (χ3v) is 7.69. The van der Waals surface area contributed by atoms with E-state index in [4.69, 9.17) is 11.6 Å². The average Bonchev–Trinajstić information content (AvgIpc) is 2.77. The van der Waals surface area contributed by atoms with Crippen molar-refractivity contribution in [2.75, 3.05) is 26.2 Å². The summed E-state index contributed by atoms with van der Waals surface area (Å²) in [5.74, 6) is -0.174. The Kier molecular flexibility index (Phi) is 8.62. The molecule has 30 heavy (non-hydrogen) atoms. The maximum atomic E-state index is 13.4. The highest BCUT2D eigenvalue weighted by Gasteiger charge is 2.43. The molecule has 0 radical (unpaired) electrons. The van der Waals surface area contributed by atoms with Crippen LogP contribution in [0, 0.1) is 5.92 Å². The fourth-order valence-electron chi connectivity index (χ4n) is 5.16. The van der Waals surface area contributed by atoms with E-state index in [1.807, 2.05) is 25.1 Å². The van der Waals surface area contributed by atoms with Gasteiger partial charge in [-0.25, -0.2) is 0 Å². The molecule has 0 aromatic heterocycles. The molecule has 1 aromatic rings. The van der Waals surface area contributed by atoms with Crippen molar-refractivity contribution in [3.63, 3.8) is 0 Å². The highest BCUT2D eigenvalue weighted by Crippen LogP contribution is 2.33. The predicted octanol–water partition coefficient (Wildman–Crippen LogP) is 4.92. The Bertz CT molecular complexity index is 681. The van der Waals surface area contributed by atoms with Gasteiger partial charge in [0.25, 0.3) is 0 Å². The quantitative estimate of drug-likeness (QED) is 0.631. The fraction of sp³-hybridized carbons (Fsp3) is 0.720. The van der Waals surface area contributed by atoms with E-state index in [2.05, 4.69) is 22.8 Å². The number of likely N-dealkylation sites (tertiary alicyclic amines) is 1. The number of carbonyl (C=O) groups excluding carboxylic acids is 1. The van der Waals surface area contributed by atoms with Gasteiger partial charge in [-0.2, -0.15) is 0 Å². The molecule has 1 atom stereocenters. The molecule has 4 nitrogen and oxygen atoms in total. The lowest BCUT2D eigenvalue weighted by Crippen LogP contribution is -2.55. The summed E-state index contributed by atoms with van der Waals surface area (Å²) in [5, 5.41) is 12.2. The molecule has 1 unspecified atom stereocenters. The van der Waals surface area contributed by atoms with Crippen molar-refractivity contribution >= 4 is 17.5 Å². The minimum atomic E-state index is -0.890. The second-order valence-electron chi connectivity index (χ2n) is 9.33. The van der Waals surface area contributed by atoms with Crippen LogP contribution in [0.3, 0.4) is 0 Å². The van der Waals surface area contributed by atoms with E-state index in [0.29, 0.717) is 18.9 Å². The molecular formula is C25H39ClN2O2. The highest BCUT2D eigenvalue weighted by molar-refractivity contribution is 6.31. The summed E-state index contributed by atoms with van der Waals surface area (Å²) in [7, 11) is 0. The number of nitrogens with zero attached hydrogens (tertiary/aromatic N) is 2. The first-order valence-corrected chi connectivity index (χ1v) is 12.3. The Balaban J connectivity index is 1.54. The molecule has 1 aliphatic heterocycles. The number of aliphatic hydroxyl groups is 1. The van der Waals surface area contributed by atoms with E-state index in [1.165, 1.54) is 24.8 Å². The molecule has 3 rings (SSSR count). The van der Waals surface area contributed by atoms with Crippen molar-refractivity contribution < 1.29 is 9.90 Å². The van der Waals surface area contributed by atoms with Crippen LogP contribution in [0.5, 0.6) is 0 Å². The number of piperidine rings is 1. The van der Waals surface area contributed by atoms with Gasteiger partial charge in [0.15, 0.2) is 0 Å². The SMILES string of the molecule is CCCN(C(=O)C(C)C1(O)CCN(CCc2ccccc2Cl)CC1)C1CCCCC1. The van der Waals surface area contributed by atoms with Crippen LogP contribution >= 0.6 is 11.6 Å². The molecule has 1 saturated carbocycles. The molecule has 0 spiro atoms. The number of hydrogen-bond donors (Lipinski definition) is 1. The molecule has 5 heteroatoms. The smallest absolute Gasteiger partial charge is 0.228 e. The van der Waals surface area contributed by atoms with Crippen LogP contribution < -0.4 is 0 Å². The van der Waals surface area contributed by atoms with Crippen molar-refractivity contribution in [1.29, 1.82) is 0 Å². The van der Waals surface area contributed by atoms with Crippen LogP contribution in [0.15, 0.2) is 24.3 Å². The van der Waals surface area contributed by atoms with Gasteiger partial charge < -0.3 is 14.9 Å². The van der Waals surface area contributed by atoms with Crippen molar-refractivity contribution in [2.45, 2.75) is 83.3 Å². The van der Waals surface area contributed by atoms with Crippen molar-refractivity contribution in [3.05, 3.63) is 34.9 Å². The lowest BCUT2D eigenvalue weighted by Gasteiger charge is -2.44. The van der Waals surface area contributed by atoms with Crippen LogP contribution in [0.1, 0.15) is 70.8 Å². The zero-order valence-electron chi connectivity index (χ0n) is 18.8. The summed E-state index contributed by atoms with van der Waals surface area (Å²) in [6.07, 6.45) is 9.17. The summed E-state index contributed by atoms with van der Waals surface area (Å²) in [5.41, 5.74) is 0.282. The normalized spacial score (nSPS) is 21.3. The highest BCUT2D eigenvalue weighted by atomic mass is 35.5.